The van der Waals surface area contributed by atoms with Gasteiger partial charge in [-0.2, -0.15) is 0 Å². The Morgan fingerprint density at radius 3 is 2.70 bits per heavy atom. The van der Waals surface area contributed by atoms with Crippen molar-refractivity contribution in [3.8, 4) is 22.6 Å². The van der Waals surface area contributed by atoms with E-state index in [-0.39, 0.29) is 16.5 Å². The van der Waals surface area contributed by atoms with E-state index >= 15 is 0 Å². The van der Waals surface area contributed by atoms with Crippen molar-refractivity contribution >= 4 is 43.6 Å². The van der Waals surface area contributed by atoms with E-state index in [1.807, 2.05) is 0 Å². The third kappa shape index (κ3) is 5.61. The average Bonchev–Trinajstić information content (AvgIpc) is 3.48. The number of hydrogen-bond donors (Lipinski definition) is 3. The van der Waals surface area contributed by atoms with Crippen LogP contribution in [0.15, 0.2) is 68.8 Å². The van der Waals surface area contributed by atoms with Crippen LogP contribution >= 0.6 is 27.5 Å². The molecule has 4 rings (SSSR count). The van der Waals surface area contributed by atoms with E-state index in [2.05, 4.69) is 40.9 Å². The molecule has 2 heterocycles. The van der Waals surface area contributed by atoms with Gasteiger partial charge in [-0.3, -0.25) is 0 Å². The van der Waals surface area contributed by atoms with Crippen LogP contribution in [-0.2, 0) is 10.0 Å². The molecule has 0 fully saturated rings. The Kier molecular flexibility index (Phi) is 7.13. The number of halogens is 3. The number of aromatic amines is 1. The third-order valence-electron chi connectivity index (χ3n) is 4.65. The van der Waals surface area contributed by atoms with Gasteiger partial charge in [0.15, 0.2) is 0 Å². The first-order chi connectivity index (χ1) is 15.8. The Balaban J connectivity index is 1.47. The van der Waals surface area contributed by atoms with E-state index in [4.69, 9.17) is 16.0 Å². The fraction of sp³-hybridized carbons (Fsp3) is 0.143. The summed E-state index contributed by atoms with van der Waals surface area (Å²) >= 11 is 9.31. The van der Waals surface area contributed by atoms with Crippen molar-refractivity contribution < 1.29 is 17.2 Å². The molecule has 0 unspecified atom stereocenters. The molecule has 2 aromatic heterocycles. The van der Waals surface area contributed by atoms with E-state index in [0.717, 1.165) is 0 Å². The molecule has 0 aliphatic heterocycles. The molecule has 172 valence electrons. The second-order valence-corrected chi connectivity index (χ2v) is 9.93. The summed E-state index contributed by atoms with van der Waals surface area (Å²) in [4.78, 5) is 11.3. The van der Waals surface area contributed by atoms with Crippen LogP contribution in [0.3, 0.4) is 0 Å². The van der Waals surface area contributed by atoms with Crippen molar-refractivity contribution in [2.24, 2.45) is 0 Å². The Morgan fingerprint density at radius 1 is 1.12 bits per heavy atom. The molecule has 0 saturated carbocycles. The van der Waals surface area contributed by atoms with Crippen molar-refractivity contribution in [1.29, 1.82) is 0 Å². The SMILES string of the molecule is O=S(=O)(NCCCNc1ncco1)c1cc(-c2ncc(-c3ccc(Br)c(F)c3)[nH]2)ccc1Cl. The van der Waals surface area contributed by atoms with Crippen molar-refractivity contribution in [2.75, 3.05) is 18.4 Å². The maximum atomic E-state index is 13.9. The largest absolute Gasteiger partial charge is 0.432 e. The molecular weight excluding hydrogens is 537 g/mol. The van der Waals surface area contributed by atoms with Crippen LogP contribution in [0.4, 0.5) is 10.4 Å². The monoisotopic (exact) mass is 553 g/mol. The zero-order valence-electron chi connectivity index (χ0n) is 17.0. The topological polar surface area (TPSA) is 113 Å². The number of hydrogen-bond acceptors (Lipinski definition) is 6. The smallest absolute Gasteiger partial charge is 0.294 e. The van der Waals surface area contributed by atoms with Gasteiger partial charge in [0.1, 0.15) is 22.8 Å². The molecule has 4 aromatic rings. The van der Waals surface area contributed by atoms with Gasteiger partial charge in [0, 0.05) is 24.2 Å². The lowest BCUT2D eigenvalue weighted by Gasteiger charge is -2.10. The maximum Gasteiger partial charge on any atom is 0.294 e. The van der Waals surface area contributed by atoms with Gasteiger partial charge in [-0.1, -0.05) is 17.7 Å². The van der Waals surface area contributed by atoms with Crippen molar-refractivity contribution in [2.45, 2.75) is 11.3 Å². The minimum absolute atomic E-state index is 0.0602. The number of benzene rings is 2. The zero-order chi connectivity index (χ0) is 23.4. The predicted molar refractivity (Wildman–Crippen MR) is 127 cm³/mol. The Morgan fingerprint density at radius 2 is 1.94 bits per heavy atom. The highest BCUT2D eigenvalue weighted by Crippen LogP contribution is 2.29. The fourth-order valence-corrected chi connectivity index (χ4v) is 4.86. The minimum Gasteiger partial charge on any atom is -0.432 e. The molecule has 0 aliphatic carbocycles. The van der Waals surface area contributed by atoms with Gasteiger partial charge in [-0.05, 0) is 52.7 Å². The highest BCUT2D eigenvalue weighted by molar-refractivity contribution is 9.10. The van der Waals surface area contributed by atoms with Gasteiger partial charge >= 0.3 is 0 Å². The standard InChI is InChI=1S/C21H18BrClFN5O3S/c22-15-4-2-13(10-17(15)24)18-12-27-20(29-18)14-3-5-16(23)19(11-14)33(30,31)28-7-1-6-25-21-26-8-9-32-21/h2-5,8-12,28H,1,6-7H2,(H,25,26)(H,27,29). The lowest BCUT2D eigenvalue weighted by Crippen LogP contribution is -2.26. The molecule has 0 spiro atoms. The van der Waals surface area contributed by atoms with E-state index in [9.17, 15) is 12.8 Å². The van der Waals surface area contributed by atoms with Crippen LogP contribution in [0, 0.1) is 5.82 Å². The highest BCUT2D eigenvalue weighted by atomic mass is 79.9. The molecule has 0 saturated heterocycles. The summed E-state index contributed by atoms with van der Waals surface area (Å²) in [5, 5.41) is 3.03. The Bertz CT molecular complexity index is 1360. The number of rotatable bonds is 9. The molecule has 0 atom stereocenters. The van der Waals surface area contributed by atoms with Crippen LogP contribution in [0.2, 0.25) is 5.02 Å². The van der Waals surface area contributed by atoms with Crippen LogP contribution < -0.4 is 10.0 Å². The van der Waals surface area contributed by atoms with Gasteiger partial charge in [0.2, 0.25) is 10.0 Å². The number of nitrogens with zero attached hydrogens (tertiary/aromatic N) is 2. The van der Waals surface area contributed by atoms with Crippen molar-refractivity contribution in [1.82, 2.24) is 19.7 Å². The van der Waals surface area contributed by atoms with Crippen LogP contribution in [0.25, 0.3) is 22.6 Å². The van der Waals surface area contributed by atoms with Gasteiger partial charge in [0.25, 0.3) is 6.01 Å². The van der Waals surface area contributed by atoms with Crippen LogP contribution in [0.5, 0.6) is 0 Å². The minimum atomic E-state index is -3.86. The molecule has 0 radical (unpaired) electrons. The van der Waals surface area contributed by atoms with Crippen molar-refractivity contribution in [3.63, 3.8) is 0 Å². The molecular formula is C21H18BrClFN5O3S. The second kappa shape index (κ2) is 10.0. The summed E-state index contributed by atoms with van der Waals surface area (Å²) in [6.07, 6.45) is 5.02. The van der Waals surface area contributed by atoms with Gasteiger partial charge in [0.05, 0.1) is 27.6 Å². The second-order valence-electron chi connectivity index (χ2n) is 6.93. The lowest BCUT2D eigenvalue weighted by molar-refractivity contribution is 0.567. The average molecular weight is 555 g/mol. The first-order valence-electron chi connectivity index (χ1n) is 9.77. The van der Waals surface area contributed by atoms with E-state index < -0.39 is 15.8 Å². The molecule has 0 amide bonds. The van der Waals surface area contributed by atoms with Gasteiger partial charge < -0.3 is 14.7 Å². The van der Waals surface area contributed by atoms with E-state index in [1.165, 1.54) is 30.7 Å². The lowest BCUT2D eigenvalue weighted by atomic mass is 10.2. The molecule has 12 heteroatoms. The number of nitrogens with one attached hydrogen (secondary N) is 3. The highest BCUT2D eigenvalue weighted by Gasteiger charge is 2.19. The molecule has 33 heavy (non-hydrogen) atoms. The number of anilines is 1. The number of aromatic nitrogens is 3. The summed E-state index contributed by atoms with van der Waals surface area (Å²) in [7, 11) is -3.86. The normalized spacial score (nSPS) is 11.6. The van der Waals surface area contributed by atoms with Gasteiger partial charge in [-0.25, -0.2) is 27.5 Å². The van der Waals surface area contributed by atoms with E-state index in [0.29, 0.717) is 46.1 Å². The first kappa shape index (κ1) is 23.4. The first-order valence-corrected chi connectivity index (χ1v) is 12.4. The van der Waals surface area contributed by atoms with E-state index in [1.54, 1.807) is 24.4 Å². The van der Waals surface area contributed by atoms with Crippen LogP contribution in [-0.4, -0.2) is 36.5 Å². The molecule has 0 aliphatic rings. The van der Waals surface area contributed by atoms with Crippen LogP contribution in [0.1, 0.15) is 6.42 Å². The predicted octanol–water partition coefficient (Wildman–Crippen LogP) is 5.07. The summed E-state index contributed by atoms with van der Waals surface area (Å²) in [5.74, 6) is 0.0295. The summed E-state index contributed by atoms with van der Waals surface area (Å²) in [6, 6.07) is 9.69. The number of H-pyrrole nitrogens is 1. The maximum absolute atomic E-state index is 13.9. The summed E-state index contributed by atoms with van der Waals surface area (Å²) < 4.78 is 47.4. The fourth-order valence-electron chi connectivity index (χ4n) is 3.01. The molecule has 3 N–H and O–H groups in total. The summed E-state index contributed by atoms with van der Waals surface area (Å²) in [5.41, 5.74) is 1.72. The summed E-state index contributed by atoms with van der Waals surface area (Å²) in [6.45, 7) is 0.666. The number of oxazole rings is 1. The van der Waals surface area contributed by atoms with Gasteiger partial charge in [-0.15, -0.1) is 0 Å². The number of imidazole rings is 1. The quantitative estimate of drug-likeness (QED) is 0.249. The van der Waals surface area contributed by atoms with Crippen molar-refractivity contribution in [3.05, 3.63) is 70.4 Å². The molecule has 2 aromatic carbocycles. The zero-order valence-corrected chi connectivity index (χ0v) is 20.1. The molecule has 8 nitrogen and oxygen atoms in total. The molecule has 0 bridgehead atoms. The third-order valence-corrected chi connectivity index (χ3v) is 7.24. The number of sulfonamides is 1. The Hall–Kier alpha value is -2.73. The Labute approximate surface area is 202 Å².